The summed E-state index contributed by atoms with van der Waals surface area (Å²) in [5.41, 5.74) is 0.627. The van der Waals surface area contributed by atoms with Gasteiger partial charge < -0.3 is 20.1 Å². The number of ether oxygens (including phenoxy) is 2. The van der Waals surface area contributed by atoms with Gasteiger partial charge in [-0.15, -0.1) is 0 Å². The fraction of sp³-hybridized carbons (Fsp3) is 0.500. The van der Waals surface area contributed by atoms with Crippen molar-refractivity contribution < 1.29 is 19.1 Å². The molecule has 0 aliphatic rings. The number of carbonyl (C=O) groups is 2. The van der Waals surface area contributed by atoms with Crippen LogP contribution in [0.15, 0.2) is 24.3 Å². The highest BCUT2D eigenvalue weighted by Gasteiger charge is 2.15. The van der Waals surface area contributed by atoms with Gasteiger partial charge in [0.1, 0.15) is 5.60 Å². The molecule has 0 unspecified atom stereocenters. The first-order chi connectivity index (χ1) is 10.3. The van der Waals surface area contributed by atoms with E-state index in [9.17, 15) is 9.59 Å². The first kappa shape index (κ1) is 17.8. The molecule has 1 amide bonds. The molecule has 0 radical (unpaired) electrons. The number of anilines is 1. The van der Waals surface area contributed by atoms with E-state index in [1.54, 1.807) is 45.9 Å². The predicted octanol–water partition coefficient (Wildman–Crippen LogP) is 2.80. The average molecular weight is 308 g/mol. The fourth-order valence-electron chi connectivity index (χ4n) is 1.70. The molecule has 0 spiro atoms. The Morgan fingerprint density at radius 2 is 1.82 bits per heavy atom. The lowest BCUT2D eigenvalue weighted by atomic mass is 10.2. The van der Waals surface area contributed by atoms with Crippen LogP contribution in [0.1, 0.15) is 38.1 Å². The van der Waals surface area contributed by atoms with Gasteiger partial charge in [0.15, 0.2) is 0 Å². The van der Waals surface area contributed by atoms with E-state index in [4.69, 9.17) is 9.47 Å². The summed E-state index contributed by atoms with van der Waals surface area (Å²) in [5.74, 6) is -0.370. The maximum atomic E-state index is 11.8. The van der Waals surface area contributed by atoms with Gasteiger partial charge in [-0.3, -0.25) is 0 Å². The second kappa shape index (κ2) is 8.26. The van der Waals surface area contributed by atoms with Crippen LogP contribution in [0, 0.1) is 0 Å². The van der Waals surface area contributed by atoms with Crippen LogP contribution in [0.2, 0.25) is 0 Å². The Bertz CT molecular complexity index is 509. The van der Waals surface area contributed by atoms with Gasteiger partial charge in [0.25, 0.3) is 0 Å². The minimum Gasteiger partial charge on any atom is -0.462 e. The zero-order valence-electron chi connectivity index (χ0n) is 13.6. The Labute approximate surface area is 131 Å². The molecule has 0 aliphatic carbocycles. The van der Waals surface area contributed by atoms with E-state index in [0.29, 0.717) is 30.9 Å². The van der Waals surface area contributed by atoms with Crippen LogP contribution in [0.3, 0.4) is 0 Å². The van der Waals surface area contributed by atoms with Crippen LogP contribution >= 0.6 is 0 Å². The van der Waals surface area contributed by atoms with Crippen LogP contribution in [0.4, 0.5) is 10.5 Å². The van der Waals surface area contributed by atoms with E-state index in [1.165, 1.54) is 0 Å². The number of nitrogens with one attached hydrogen (secondary N) is 2. The molecule has 6 nitrogen and oxygen atoms in total. The number of carbonyl (C=O) groups excluding carboxylic acids is 2. The topological polar surface area (TPSA) is 76.7 Å². The van der Waals surface area contributed by atoms with Gasteiger partial charge in [0, 0.05) is 18.8 Å². The lowest BCUT2D eigenvalue weighted by molar-refractivity contribution is 0.0516. The summed E-state index contributed by atoms with van der Waals surface area (Å²) in [6, 6.07) is 7.09. The third kappa shape index (κ3) is 6.47. The third-order valence-electron chi connectivity index (χ3n) is 2.53. The predicted molar refractivity (Wildman–Crippen MR) is 85.1 cm³/mol. The Kier molecular flexibility index (Phi) is 6.69. The first-order valence-electron chi connectivity index (χ1n) is 7.30. The number of hydrogen-bond acceptors (Lipinski definition) is 5. The smallest absolute Gasteiger partial charge is 0.407 e. The molecule has 0 heterocycles. The van der Waals surface area contributed by atoms with Crippen LogP contribution in [-0.4, -0.2) is 37.4 Å². The van der Waals surface area contributed by atoms with Crippen molar-refractivity contribution >= 4 is 17.7 Å². The van der Waals surface area contributed by atoms with Gasteiger partial charge in [-0.05, 0) is 39.8 Å². The summed E-state index contributed by atoms with van der Waals surface area (Å²) >= 11 is 0. The number of rotatable bonds is 6. The van der Waals surface area contributed by atoms with Crippen molar-refractivity contribution in [3.05, 3.63) is 29.8 Å². The molecule has 122 valence electrons. The Hall–Kier alpha value is -2.24. The van der Waals surface area contributed by atoms with Gasteiger partial charge in [-0.2, -0.15) is 0 Å². The third-order valence-corrected chi connectivity index (χ3v) is 2.53. The summed E-state index contributed by atoms with van der Waals surface area (Å²) in [7, 11) is 0. The van der Waals surface area contributed by atoms with Crippen LogP contribution in [0.25, 0.3) is 0 Å². The SMILES string of the molecule is CCOC(=O)c1ccccc1NCCNC(=O)OC(C)(C)C. The minimum atomic E-state index is -0.520. The van der Waals surface area contributed by atoms with Crippen LogP contribution < -0.4 is 10.6 Å². The van der Waals surface area contributed by atoms with Gasteiger partial charge in [0.2, 0.25) is 0 Å². The summed E-state index contributed by atoms with van der Waals surface area (Å²) in [6.07, 6.45) is -0.465. The van der Waals surface area contributed by atoms with Crippen molar-refractivity contribution in [3.8, 4) is 0 Å². The van der Waals surface area contributed by atoms with Crippen LogP contribution in [-0.2, 0) is 9.47 Å². The monoisotopic (exact) mass is 308 g/mol. The first-order valence-corrected chi connectivity index (χ1v) is 7.30. The fourth-order valence-corrected chi connectivity index (χ4v) is 1.70. The molecular formula is C16H24N2O4. The summed E-state index contributed by atoms with van der Waals surface area (Å²) in [4.78, 5) is 23.3. The van der Waals surface area contributed by atoms with Crippen molar-refractivity contribution in [3.63, 3.8) is 0 Å². The molecule has 6 heteroatoms. The molecular weight excluding hydrogens is 284 g/mol. The maximum Gasteiger partial charge on any atom is 0.407 e. The molecule has 0 saturated heterocycles. The lowest BCUT2D eigenvalue weighted by Gasteiger charge is -2.19. The molecule has 1 aromatic carbocycles. The molecule has 1 rings (SSSR count). The van der Waals surface area contributed by atoms with Crippen molar-refractivity contribution in [2.45, 2.75) is 33.3 Å². The van der Waals surface area contributed by atoms with Gasteiger partial charge >= 0.3 is 12.1 Å². The van der Waals surface area contributed by atoms with E-state index in [0.717, 1.165) is 0 Å². The Morgan fingerprint density at radius 3 is 2.45 bits per heavy atom. The standard InChI is InChI=1S/C16H24N2O4/c1-5-21-14(19)12-8-6-7-9-13(12)17-10-11-18-15(20)22-16(2,3)4/h6-9,17H,5,10-11H2,1-4H3,(H,18,20). The highest BCUT2D eigenvalue weighted by molar-refractivity contribution is 5.95. The van der Waals surface area contributed by atoms with E-state index < -0.39 is 11.7 Å². The summed E-state index contributed by atoms with van der Waals surface area (Å²) < 4.78 is 10.1. The second-order valence-electron chi connectivity index (χ2n) is 5.62. The Balaban J connectivity index is 2.46. The highest BCUT2D eigenvalue weighted by atomic mass is 16.6. The molecule has 0 aromatic heterocycles. The summed E-state index contributed by atoms with van der Waals surface area (Å²) in [5, 5.41) is 5.74. The molecule has 0 bridgehead atoms. The minimum absolute atomic E-state index is 0.327. The van der Waals surface area contributed by atoms with E-state index in [2.05, 4.69) is 10.6 Å². The van der Waals surface area contributed by atoms with Gasteiger partial charge in [-0.25, -0.2) is 9.59 Å². The van der Waals surface area contributed by atoms with E-state index in [-0.39, 0.29) is 5.97 Å². The number of para-hydroxylation sites is 1. The highest BCUT2D eigenvalue weighted by Crippen LogP contribution is 2.15. The van der Waals surface area contributed by atoms with Gasteiger partial charge in [0.05, 0.1) is 12.2 Å². The largest absolute Gasteiger partial charge is 0.462 e. The lowest BCUT2D eigenvalue weighted by Crippen LogP contribution is -2.35. The zero-order chi connectivity index (χ0) is 16.6. The molecule has 22 heavy (non-hydrogen) atoms. The number of alkyl carbamates (subject to hydrolysis) is 1. The second-order valence-corrected chi connectivity index (χ2v) is 5.62. The number of benzene rings is 1. The number of amides is 1. The Morgan fingerprint density at radius 1 is 1.14 bits per heavy atom. The summed E-state index contributed by atoms with van der Waals surface area (Å²) in [6.45, 7) is 8.36. The van der Waals surface area contributed by atoms with E-state index >= 15 is 0 Å². The average Bonchev–Trinajstić information content (AvgIpc) is 2.42. The van der Waals surface area contributed by atoms with Crippen molar-refractivity contribution in [2.75, 3.05) is 25.0 Å². The molecule has 0 saturated carbocycles. The van der Waals surface area contributed by atoms with Crippen molar-refractivity contribution in [2.24, 2.45) is 0 Å². The maximum absolute atomic E-state index is 11.8. The van der Waals surface area contributed by atoms with Crippen molar-refractivity contribution in [1.82, 2.24) is 5.32 Å². The van der Waals surface area contributed by atoms with E-state index in [1.807, 2.05) is 6.07 Å². The molecule has 1 aromatic rings. The number of esters is 1. The normalized spacial score (nSPS) is 10.7. The molecule has 0 aliphatic heterocycles. The molecule has 2 N–H and O–H groups in total. The van der Waals surface area contributed by atoms with Gasteiger partial charge in [-0.1, -0.05) is 12.1 Å². The van der Waals surface area contributed by atoms with Crippen molar-refractivity contribution in [1.29, 1.82) is 0 Å². The molecule has 0 atom stereocenters. The zero-order valence-corrected chi connectivity index (χ0v) is 13.6. The quantitative estimate of drug-likeness (QED) is 0.624. The molecule has 0 fully saturated rings. The van der Waals surface area contributed by atoms with Crippen LogP contribution in [0.5, 0.6) is 0 Å². The number of hydrogen-bond donors (Lipinski definition) is 2.